The van der Waals surface area contributed by atoms with Crippen LogP contribution in [-0.2, 0) is 20.4 Å². The highest BCUT2D eigenvalue weighted by molar-refractivity contribution is 7.97. The molecular weight excluding hydrogens is 1200 g/mol. The molecule has 0 saturated carbocycles. The van der Waals surface area contributed by atoms with E-state index in [0.717, 1.165) is 21.3 Å². The Hall–Kier alpha value is -4.05. The van der Waals surface area contributed by atoms with E-state index in [4.69, 9.17) is 112 Å². The van der Waals surface area contributed by atoms with Crippen LogP contribution in [0.25, 0.3) is 0 Å². The largest absolute Gasteiger partial charge is 0.486 e. The third kappa shape index (κ3) is 10.8. The molecule has 392 valence electrons. The normalized spacial score (nSPS) is 11.6. The van der Waals surface area contributed by atoms with Gasteiger partial charge in [0.25, 0.3) is 0 Å². The summed E-state index contributed by atoms with van der Waals surface area (Å²) in [7, 11) is 2.98. The molecule has 0 atom stereocenters. The molecule has 74 heavy (non-hydrogen) atoms. The monoisotopic (exact) mass is 1220 g/mol. The van der Waals surface area contributed by atoms with Crippen LogP contribution in [0.2, 0.25) is 40.2 Å². The maximum atomic E-state index is 16.0. The van der Waals surface area contributed by atoms with Crippen LogP contribution in [-0.4, -0.2) is 46.8 Å². The second-order valence-electron chi connectivity index (χ2n) is 15.0. The Kier molecular flexibility index (Phi) is 20.0. The van der Waals surface area contributed by atoms with Crippen molar-refractivity contribution in [2.45, 2.75) is 14.7 Å². The second-order valence-corrected chi connectivity index (χ2v) is 20.0. The average molecular weight is 1220 g/mol. The zero-order valence-corrected chi connectivity index (χ0v) is 43.9. The standard InChI is InChI=1S/C24BCl8F12.C24H27O4S/c26-5-1(13(34)21(42)17(38)9(5)30)25(2-6(27)10(31)18(39)22(43)14(2)35,3-7(28)11(32)19(40)23(44)15(3)36)4-8(29)12(33)20(41)24(45)16(4)37;1-25-16-18-27-21-12-6-8-14-23(21)29(20-10-4-3-5-11-20)24-15-9-7-13-22(24)28-19-17-26-2/h;3-15H,16-19H2,1-2H3/q-1;+1. The van der Waals surface area contributed by atoms with Gasteiger partial charge >= 0.3 is 0 Å². The van der Waals surface area contributed by atoms with Crippen LogP contribution >= 0.6 is 92.8 Å². The number of ether oxygens (including phenoxy) is 4. The van der Waals surface area contributed by atoms with Gasteiger partial charge in [-0.2, -0.15) is 0 Å². The topological polar surface area (TPSA) is 36.9 Å². The summed E-state index contributed by atoms with van der Waals surface area (Å²) < 4.78 is 205. The summed E-state index contributed by atoms with van der Waals surface area (Å²) in [6.45, 7) is 2.10. The zero-order chi connectivity index (χ0) is 54.7. The van der Waals surface area contributed by atoms with Crippen LogP contribution in [0.3, 0.4) is 0 Å². The maximum absolute atomic E-state index is 16.0. The highest BCUT2D eigenvalue weighted by Gasteiger charge is 2.50. The number of para-hydroxylation sites is 2. The molecule has 0 aliphatic carbocycles. The van der Waals surface area contributed by atoms with E-state index in [2.05, 4.69) is 48.5 Å². The number of rotatable bonds is 15. The van der Waals surface area contributed by atoms with Gasteiger partial charge in [-0.25, -0.2) is 52.7 Å². The van der Waals surface area contributed by atoms with Gasteiger partial charge in [0.1, 0.15) is 53.5 Å². The van der Waals surface area contributed by atoms with Crippen molar-refractivity contribution in [1.29, 1.82) is 0 Å². The van der Waals surface area contributed by atoms with Crippen molar-refractivity contribution in [3.63, 3.8) is 0 Å². The first kappa shape index (κ1) is 59.2. The van der Waals surface area contributed by atoms with Crippen molar-refractivity contribution in [3.8, 4) is 11.5 Å². The Morgan fingerprint density at radius 3 is 0.892 bits per heavy atom. The summed E-state index contributed by atoms with van der Waals surface area (Å²) in [4.78, 5) is 3.45. The average Bonchev–Trinajstić information content (AvgIpc) is 3.40. The summed E-state index contributed by atoms with van der Waals surface area (Å²) >= 11 is 46.6. The van der Waals surface area contributed by atoms with Crippen molar-refractivity contribution < 1.29 is 71.6 Å². The Morgan fingerprint density at radius 2 is 0.608 bits per heavy atom. The first-order valence-electron chi connectivity index (χ1n) is 20.5. The second kappa shape index (κ2) is 25.0. The summed E-state index contributed by atoms with van der Waals surface area (Å²) in [6.07, 6.45) is -5.62. The van der Waals surface area contributed by atoms with Gasteiger partial charge in [0, 0.05) is 34.3 Å². The van der Waals surface area contributed by atoms with Crippen molar-refractivity contribution in [2.24, 2.45) is 0 Å². The lowest BCUT2D eigenvalue weighted by atomic mass is 9.12. The van der Waals surface area contributed by atoms with E-state index in [1.807, 2.05) is 30.3 Å². The fourth-order valence-corrected chi connectivity index (χ4v) is 12.1. The molecule has 0 aromatic heterocycles. The van der Waals surface area contributed by atoms with Gasteiger partial charge in [-0.05, 0) is 36.4 Å². The Bertz CT molecular complexity index is 2820. The van der Waals surface area contributed by atoms with Crippen LogP contribution in [0, 0.1) is 69.8 Å². The molecular formula is C48H27BCl8F12O4S. The molecule has 0 aliphatic rings. The third-order valence-electron chi connectivity index (χ3n) is 10.9. The van der Waals surface area contributed by atoms with E-state index in [-0.39, 0.29) is 10.9 Å². The minimum Gasteiger partial charge on any atom is -0.486 e. The summed E-state index contributed by atoms with van der Waals surface area (Å²) in [6, 6.07) is 26.9. The lowest BCUT2D eigenvalue weighted by Crippen LogP contribution is -2.79. The summed E-state index contributed by atoms with van der Waals surface area (Å²) in [5.41, 5.74) is -8.47. The number of benzene rings is 7. The molecule has 0 aliphatic heterocycles. The van der Waals surface area contributed by atoms with Gasteiger partial charge in [0.15, 0.2) is 62.9 Å². The van der Waals surface area contributed by atoms with Crippen LogP contribution in [0.4, 0.5) is 52.7 Å². The van der Waals surface area contributed by atoms with Crippen LogP contribution < -0.4 is 31.3 Å². The molecule has 0 fully saturated rings. The van der Waals surface area contributed by atoms with Gasteiger partial charge in [-0.15, -0.1) is 21.9 Å². The van der Waals surface area contributed by atoms with E-state index in [9.17, 15) is 17.6 Å². The van der Waals surface area contributed by atoms with E-state index in [1.165, 1.54) is 4.90 Å². The molecule has 26 heteroatoms. The predicted octanol–water partition coefficient (Wildman–Crippen LogP) is 14.8. The summed E-state index contributed by atoms with van der Waals surface area (Å²) in [5, 5.41) is -13.9. The van der Waals surface area contributed by atoms with Crippen LogP contribution in [0.5, 0.6) is 11.5 Å². The van der Waals surface area contributed by atoms with Crippen LogP contribution in [0.15, 0.2) is 93.5 Å². The molecule has 0 unspecified atom stereocenters. The minimum atomic E-state index is -5.62. The van der Waals surface area contributed by atoms with Gasteiger partial charge in [-0.3, -0.25) is 0 Å². The van der Waals surface area contributed by atoms with Gasteiger partial charge in [0.2, 0.25) is 9.79 Å². The number of halogens is 20. The molecule has 7 aromatic rings. The molecule has 7 aromatic carbocycles. The van der Waals surface area contributed by atoms with E-state index < -0.39 is 138 Å². The Morgan fingerprint density at radius 1 is 0.338 bits per heavy atom. The fourth-order valence-electron chi connectivity index (χ4n) is 7.75. The number of hydrogen-bond donors (Lipinski definition) is 0. The highest BCUT2D eigenvalue weighted by Crippen LogP contribution is 2.42. The molecule has 0 radical (unpaired) electrons. The number of hydrogen-bond acceptors (Lipinski definition) is 4. The minimum absolute atomic E-state index is 0.380. The predicted molar refractivity (Wildman–Crippen MR) is 266 cm³/mol. The Balaban J connectivity index is 0.000000265. The van der Waals surface area contributed by atoms with E-state index in [0.29, 0.717) is 26.4 Å². The van der Waals surface area contributed by atoms with Crippen molar-refractivity contribution in [3.05, 3.63) is 189 Å². The van der Waals surface area contributed by atoms with Crippen molar-refractivity contribution >= 4 is 132 Å². The Labute approximate surface area is 456 Å². The number of methoxy groups -OCH3 is 2. The lowest BCUT2D eigenvalue weighted by molar-refractivity contribution is 0.144. The fraction of sp³-hybridized carbons (Fsp3) is 0.125. The zero-order valence-electron chi connectivity index (χ0n) is 37.0. The molecule has 0 bridgehead atoms. The van der Waals surface area contributed by atoms with Crippen LogP contribution in [0.1, 0.15) is 0 Å². The van der Waals surface area contributed by atoms with Gasteiger partial charge < -0.3 is 18.9 Å². The third-order valence-corrected chi connectivity index (χ3v) is 16.6. The smallest absolute Gasteiger partial charge is 0.208 e. The van der Waals surface area contributed by atoms with Crippen molar-refractivity contribution in [2.75, 3.05) is 40.6 Å². The lowest BCUT2D eigenvalue weighted by Gasteiger charge is -2.46. The summed E-state index contributed by atoms with van der Waals surface area (Å²) in [5.74, 6) is -29.5. The first-order valence-corrected chi connectivity index (χ1v) is 24.7. The molecule has 0 N–H and O–H groups in total. The van der Waals surface area contributed by atoms with E-state index >= 15 is 35.1 Å². The molecule has 0 spiro atoms. The molecule has 4 nitrogen and oxygen atoms in total. The van der Waals surface area contributed by atoms with Gasteiger partial charge in [-0.1, -0.05) is 135 Å². The van der Waals surface area contributed by atoms with Crippen molar-refractivity contribution in [1.82, 2.24) is 0 Å². The quantitative estimate of drug-likeness (QED) is 0.0256. The highest BCUT2D eigenvalue weighted by atomic mass is 35.5. The van der Waals surface area contributed by atoms with E-state index in [1.54, 1.807) is 14.2 Å². The molecule has 0 saturated heterocycles. The molecule has 0 heterocycles. The maximum Gasteiger partial charge on any atom is 0.208 e. The molecule has 7 rings (SSSR count). The van der Waals surface area contributed by atoms with Gasteiger partial charge in [0.05, 0.1) is 33.3 Å². The first-order chi connectivity index (χ1) is 35.0. The molecule has 0 amide bonds. The SMILES string of the molecule is COCCOc1ccccc1[S+](c1ccccc1)c1ccccc1OCCOC.Fc1c(F)c(Cl)c(Cl)c([B-](c2c(F)c(F)c(F)c(Cl)c2Cl)(c2c(F)c(F)c(F)c(Cl)c2Cl)c2c(F)c(F)c(F)c(Cl)c2Cl)c1F.